The molecule has 1 heterocycles. The van der Waals surface area contributed by atoms with Crippen molar-refractivity contribution in [3.63, 3.8) is 0 Å². The Kier molecular flexibility index (Phi) is 5.02. The molecule has 1 saturated heterocycles. The number of nitrogens with zero attached hydrogens (tertiary/aromatic N) is 2. The largest absolute Gasteiger partial charge is 0.481 e. The molecule has 3 rings (SSSR count). The second-order valence-corrected chi connectivity index (χ2v) is 6.36. The van der Waals surface area contributed by atoms with Crippen LogP contribution in [0.5, 0.6) is 0 Å². The zero-order valence-electron chi connectivity index (χ0n) is 14.5. The Morgan fingerprint density at radius 3 is 2.38 bits per heavy atom. The molecule has 6 nitrogen and oxygen atoms in total. The Labute approximate surface area is 151 Å². The Bertz CT molecular complexity index is 835. The van der Waals surface area contributed by atoms with E-state index >= 15 is 0 Å². The molecular formula is C20H20N2O4. The molecule has 26 heavy (non-hydrogen) atoms. The molecule has 1 fully saturated rings. The van der Waals surface area contributed by atoms with Crippen molar-refractivity contribution in [1.29, 1.82) is 0 Å². The second-order valence-electron chi connectivity index (χ2n) is 6.36. The van der Waals surface area contributed by atoms with E-state index in [4.69, 9.17) is 5.11 Å². The van der Waals surface area contributed by atoms with Gasteiger partial charge < -0.3 is 14.9 Å². The van der Waals surface area contributed by atoms with Crippen molar-refractivity contribution in [2.75, 3.05) is 25.0 Å². The minimum atomic E-state index is -0.881. The van der Waals surface area contributed by atoms with Crippen LogP contribution in [0.25, 0.3) is 0 Å². The van der Waals surface area contributed by atoms with Crippen LogP contribution in [-0.2, 0) is 4.79 Å². The Morgan fingerprint density at radius 1 is 1.04 bits per heavy atom. The highest BCUT2D eigenvalue weighted by Crippen LogP contribution is 2.20. The summed E-state index contributed by atoms with van der Waals surface area (Å²) in [5.74, 6) is -1.86. The average molecular weight is 352 g/mol. The van der Waals surface area contributed by atoms with Gasteiger partial charge in [0.1, 0.15) is 0 Å². The number of para-hydroxylation sites is 1. The maximum absolute atomic E-state index is 12.7. The van der Waals surface area contributed by atoms with E-state index in [9.17, 15) is 14.4 Å². The molecule has 1 N–H and O–H groups in total. The van der Waals surface area contributed by atoms with Crippen molar-refractivity contribution in [2.24, 2.45) is 5.92 Å². The molecule has 0 bridgehead atoms. The van der Waals surface area contributed by atoms with Crippen LogP contribution in [-0.4, -0.2) is 47.9 Å². The predicted molar refractivity (Wildman–Crippen MR) is 97.3 cm³/mol. The van der Waals surface area contributed by atoms with Gasteiger partial charge in [-0.1, -0.05) is 24.3 Å². The monoisotopic (exact) mass is 352 g/mol. The van der Waals surface area contributed by atoms with Gasteiger partial charge in [0.15, 0.2) is 0 Å². The number of rotatable bonds is 4. The van der Waals surface area contributed by atoms with E-state index in [-0.39, 0.29) is 18.4 Å². The molecule has 6 heteroatoms. The third-order valence-electron chi connectivity index (χ3n) is 4.63. The molecule has 1 aliphatic heterocycles. The first-order chi connectivity index (χ1) is 12.5. The summed E-state index contributed by atoms with van der Waals surface area (Å²) in [6.45, 7) is 0.619. The van der Waals surface area contributed by atoms with Crippen molar-refractivity contribution < 1.29 is 19.5 Å². The van der Waals surface area contributed by atoms with Gasteiger partial charge in [0.05, 0.1) is 5.92 Å². The second kappa shape index (κ2) is 7.39. The molecule has 0 saturated carbocycles. The number of carboxylic acid groups (broad SMARTS) is 1. The van der Waals surface area contributed by atoms with E-state index in [1.165, 1.54) is 9.80 Å². The van der Waals surface area contributed by atoms with Crippen LogP contribution in [0.3, 0.4) is 0 Å². The molecule has 134 valence electrons. The lowest BCUT2D eigenvalue weighted by Crippen LogP contribution is -2.30. The Balaban J connectivity index is 1.77. The minimum Gasteiger partial charge on any atom is -0.481 e. The smallest absolute Gasteiger partial charge is 0.308 e. The first-order valence-corrected chi connectivity index (χ1v) is 8.42. The first kappa shape index (κ1) is 17.7. The fraction of sp³-hybridized carbons (Fsp3) is 0.250. The Morgan fingerprint density at radius 2 is 1.73 bits per heavy atom. The van der Waals surface area contributed by atoms with Crippen LogP contribution >= 0.6 is 0 Å². The van der Waals surface area contributed by atoms with Crippen LogP contribution in [0.4, 0.5) is 5.69 Å². The van der Waals surface area contributed by atoms with E-state index in [2.05, 4.69) is 0 Å². The number of anilines is 1. The van der Waals surface area contributed by atoms with E-state index in [1.807, 2.05) is 30.3 Å². The molecule has 2 amide bonds. The summed E-state index contributed by atoms with van der Waals surface area (Å²) in [4.78, 5) is 39.5. The zero-order valence-corrected chi connectivity index (χ0v) is 14.5. The average Bonchev–Trinajstić information content (AvgIpc) is 3.17. The summed E-state index contributed by atoms with van der Waals surface area (Å²) in [6.07, 6.45) is 0.455. The summed E-state index contributed by atoms with van der Waals surface area (Å²) in [5, 5.41) is 9.08. The van der Waals surface area contributed by atoms with Gasteiger partial charge in [0, 0.05) is 37.0 Å². The fourth-order valence-corrected chi connectivity index (χ4v) is 3.08. The molecule has 0 aliphatic carbocycles. The highest BCUT2D eigenvalue weighted by atomic mass is 16.4. The van der Waals surface area contributed by atoms with Crippen molar-refractivity contribution in [3.8, 4) is 0 Å². The lowest BCUT2D eigenvalue weighted by atomic mass is 10.1. The normalized spacial score (nSPS) is 16.3. The van der Waals surface area contributed by atoms with Crippen molar-refractivity contribution in [3.05, 3.63) is 65.7 Å². The SMILES string of the molecule is CN(C(=O)c1cccc(C(=O)N2CCC(C(=O)O)C2)c1)c1ccccc1. The van der Waals surface area contributed by atoms with Crippen LogP contribution in [0.15, 0.2) is 54.6 Å². The molecule has 0 spiro atoms. The summed E-state index contributed by atoms with van der Waals surface area (Å²) in [6, 6.07) is 15.8. The van der Waals surface area contributed by atoms with Crippen LogP contribution in [0.2, 0.25) is 0 Å². The lowest BCUT2D eigenvalue weighted by molar-refractivity contribution is -0.141. The molecule has 1 unspecified atom stereocenters. The van der Waals surface area contributed by atoms with Crippen LogP contribution in [0.1, 0.15) is 27.1 Å². The topological polar surface area (TPSA) is 77.9 Å². The number of carboxylic acids is 1. The number of benzene rings is 2. The summed E-state index contributed by atoms with van der Waals surface area (Å²) in [5.41, 5.74) is 1.57. The van der Waals surface area contributed by atoms with E-state index in [0.717, 1.165) is 5.69 Å². The quantitative estimate of drug-likeness (QED) is 0.917. The van der Waals surface area contributed by atoms with E-state index in [0.29, 0.717) is 24.1 Å². The summed E-state index contributed by atoms with van der Waals surface area (Å²) in [7, 11) is 1.68. The van der Waals surface area contributed by atoms with Crippen LogP contribution < -0.4 is 4.90 Å². The Hall–Kier alpha value is -3.15. The number of hydrogen-bond acceptors (Lipinski definition) is 3. The summed E-state index contributed by atoms with van der Waals surface area (Å²) >= 11 is 0. The standard InChI is InChI=1S/C20H20N2O4/c1-21(17-8-3-2-4-9-17)18(23)14-6-5-7-15(12-14)19(24)22-11-10-16(13-22)20(25)26/h2-9,12,16H,10-11,13H2,1H3,(H,25,26). The zero-order chi connectivity index (χ0) is 18.7. The molecular weight excluding hydrogens is 332 g/mol. The molecule has 0 aromatic heterocycles. The summed E-state index contributed by atoms with van der Waals surface area (Å²) < 4.78 is 0. The van der Waals surface area contributed by atoms with E-state index < -0.39 is 11.9 Å². The number of amides is 2. The fourth-order valence-electron chi connectivity index (χ4n) is 3.08. The van der Waals surface area contributed by atoms with E-state index in [1.54, 1.807) is 31.3 Å². The molecule has 2 aromatic rings. The van der Waals surface area contributed by atoms with Gasteiger partial charge in [-0.15, -0.1) is 0 Å². The van der Waals surface area contributed by atoms with Gasteiger partial charge in [-0.2, -0.15) is 0 Å². The number of aliphatic carboxylic acids is 1. The van der Waals surface area contributed by atoms with Crippen molar-refractivity contribution in [2.45, 2.75) is 6.42 Å². The third-order valence-corrected chi connectivity index (χ3v) is 4.63. The lowest BCUT2D eigenvalue weighted by Gasteiger charge is -2.19. The maximum Gasteiger partial charge on any atom is 0.308 e. The maximum atomic E-state index is 12.7. The predicted octanol–water partition coefficient (Wildman–Crippen LogP) is 2.51. The number of carbonyl (C=O) groups is 3. The number of carbonyl (C=O) groups excluding carboxylic acids is 2. The van der Waals surface area contributed by atoms with Gasteiger partial charge in [0.25, 0.3) is 11.8 Å². The molecule has 0 radical (unpaired) electrons. The van der Waals surface area contributed by atoms with Gasteiger partial charge in [-0.05, 0) is 36.8 Å². The van der Waals surface area contributed by atoms with Gasteiger partial charge in [-0.25, -0.2) is 0 Å². The van der Waals surface area contributed by atoms with Crippen LogP contribution in [0, 0.1) is 5.92 Å². The van der Waals surface area contributed by atoms with Crippen molar-refractivity contribution >= 4 is 23.5 Å². The molecule has 1 aliphatic rings. The molecule has 2 aromatic carbocycles. The van der Waals surface area contributed by atoms with Gasteiger partial charge >= 0.3 is 5.97 Å². The third kappa shape index (κ3) is 3.59. The highest BCUT2D eigenvalue weighted by Gasteiger charge is 2.31. The molecule has 1 atom stereocenters. The van der Waals surface area contributed by atoms with Gasteiger partial charge in [-0.3, -0.25) is 14.4 Å². The number of likely N-dealkylation sites (tertiary alicyclic amines) is 1. The van der Waals surface area contributed by atoms with Crippen molar-refractivity contribution in [1.82, 2.24) is 4.90 Å². The highest BCUT2D eigenvalue weighted by molar-refractivity contribution is 6.07. The number of hydrogen-bond donors (Lipinski definition) is 1. The van der Waals surface area contributed by atoms with Gasteiger partial charge in [0.2, 0.25) is 0 Å². The first-order valence-electron chi connectivity index (χ1n) is 8.42. The minimum absolute atomic E-state index is 0.205.